The first kappa shape index (κ1) is 14.8. The van der Waals surface area contributed by atoms with Crippen LogP contribution in [0.3, 0.4) is 0 Å². The SMILES string of the molecule is CCOC(=O)c1cnc2[nH]ccc2c1N[C@H]1CCC[C@@H](O)C1. The number of esters is 1. The lowest BCUT2D eigenvalue weighted by Gasteiger charge is -2.28. The van der Waals surface area contributed by atoms with Crippen LogP contribution >= 0.6 is 0 Å². The van der Waals surface area contributed by atoms with Crippen molar-refractivity contribution in [3.05, 3.63) is 24.0 Å². The lowest BCUT2D eigenvalue weighted by atomic mass is 9.92. The first-order valence-corrected chi connectivity index (χ1v) is 7.77. The Morgan fingerprint density at radius 2 is 2.41 bits per heavy atom. The van der Waals surface area contributed by atoms with Gasteiger partial charge in [-0.1, -0.05) is 0 Å². The summed E-state index contributed by atoms with van der Waals surface area (Å²) in [6.45, 7) is 2.11. The minimum atomic E-state index is -0.378. The Balaban J connectivity index is 1.95. The second-order valence-corrected chi connectivity index (χ2v) is 5.67. The van der Waals surface area contributed by atoms with Crippen LogP contribution < -0.4 is 5.32 Å². The Morgan fingerprint density at radius 1 is 1.55 bits per heavy atom. The van der Waals surface area contributed by atoms with Crippen molar-refractivity contribution in [2.24, 2.45) is 0 Å². The van der Waals surface area contributed by atoms with E-state index in [0.29, 0.717) is 18.6 Å². The number of nitrogens with one attached hydrogen (secondary N) is 2. The number of fused-ring (bicyclic) bond motifs is 1. The Kier molecular flexibility index (Phi) is 4.29. The number of aliphatic hydroxyl groups excluding tert-OH is 1. The Hall–Kier alpha value is -2.08. The van der Waals surface area contributed by atoms with E-state index in [1.54, 1.807) is 19.3 Å². The zero-order chi connectivity index (χ0) is 15.5. The van der Waals surface area contributed by atoms with Gasteiger partial charge in [-0.15, -0.1) is 0 Å². The number of carbonyl (C=O) groups is 1. The highest BCUT2D eigenvalue weighted by atomic mass is 16.5. The molecule has 1 fully saturated rings. The van der Waals surface area contributed by atoms with Gasteiger partial charge in [0, 0.05) is 23.8 Å². The van der Waals surface area contributed by atoms with Crippen molar-refractivity contribution in [2.75, 3.05) is 11.9 Å². The molecule has 0 bridgehead atoms. The van der Waals surface area contributed by atoms with Crippen molar-refractivity contribution in [1.82, 2.24) is 9.97 Å². The zero-order valence-corrected chi connectivity index (χ0v) is 12.6. The first-order valence-electron chi connectivity index (χ1n) is 7.77. The quantitative estimate of drug-likeness (QED) is 0.755. The van der Waals surface area contributed by atoms with Gasteiger partial charge >= 0.3 is 5.97 Å². The number of hydrogen-bond acceptors (Lipinski definition) is 5. The van der Waals surface area contributed by atoms with Crippen molar-refractivity contribution in [3.63, 3.8) is 0 Å². The molecular formula is C16H21N3O3. The monoisotopic (exact) mass is 303 g/mol. The fraction of sp³-hybridized carbons (Fsp3) is 0.500. The van der Waals surface area contributed by atoms with Crippen molar-refractivity contribution >= 4 is 22.7 Å². The number of H-pyrrole nitrogens is 1. The topological polar surface area (TPSA) is 87.2 Å². The molecule has 0 aliphatic heterocycles. The summed E-state index contributed by atoms with van der Waals surface area (Å²) in [4.78, 5) is 19.5. The van der Waals surface area contributed by atoms with Gasteiger partial charge < -0.3 is 20.1 Å². The van der Waals surface area contributed by atoms with Crippen molar-refractivity contribution in [3.8, 4) is 0 Å². The minimum absolute atomic E-state index is 0.150. The highest BCUT2D eigenvalue weighted by Gasteiger charge is 2.24. The summed E-state index contributed by atoms with van der Waals surface area (Å²) in [5, 5.41) is 14.1. The van der Waals surface area contributed by atoms with Crippen LogP contribution in [0.1, 0.15) is 43.0 Å². The third-order valence-corrected chi connectivity index (χ3v) is 4.08. The molecule has 2 aromatic heterocycles. The third-order valence-electron chi connectivity index (χ3n) is 4.08. The Bertz CT molecular complexity index is 668. The second kappa shape index (κ2) is 6.36. The van der Waals surface area contributed by atoms with E-state index in [4.69, 9.17) is 4.74 Å². The van der Waals surface area contributed by atoms with Gasteiger partial charge in [-0.05, 0) is 38.7 Å². The summed E-state index contributed by atoms with van der Waals surface area (Å²) in [5.74, 6) is -0.378. The number of aromatic nitrogens is 2. The molecule has 1 aliphatic carbocycles. The molecule has 2 heterocycles. The molecule has 6 heteroatoms. The number of hydrogen-bond donors (Lipinski definition) is 3. The molecular weight excluding hydrogens is 282 g/mol. The molecule has 0 saturated heterocycles. The average Bonchev–Trinajstić information content (AvgIpc) is 2.96. The molecule has 0 spiro atoms. The number of aromatic amines is 1. The van der Waals surface area contributed by atoms with Gasteiger partial charge in [-0.25, -0.2) is 9.78 Å². The summed E-state index contributed by atoms with van der Waals surface area (Å²) in [5.41, 5.74) is 1.91. The van der Waals surface area contributed by atoms with Gasteiger partial charge in [0.1, 0.15) is 11.2 Å². The molecule has 2 atom stereocenters. The lowest BCUT2D eigenvalue weighted by Crippen LogP contribution is -2.30. The van der Waals surface area contributed by atoms with E-state index >= 15 is 0 Å². The number of carbonyl (C=O) groups excluding carboxylic acids is 1. The van der Waals surface area contributed by atoms with Crippen LogP contribution in [0.2, 0.25) is 0 Å². The largest absolute Gasteiger partial charge is 0.462 e. The molecule has 118 valence electrons. The maximum absolute atomic E-state index is 12.2. The number of nitrogens with zero attached hydrogens (tertiary/aromatic N) is 1. The molecule has 1 aliphatic rings. The predicted octanol–water partition coefficient (Wildman–Crippen LogP) is 2.46. The fourth-order valence-corrected chi connectivity index (χ4v) is 3.03. The van der Waals surface area contributed by atoms with E-state index in [1.165, 1.54) is 0 Å². The van der Waals surface area contributed by atoms with Crippen LogP contribution in [0, 0.1) is 0 Å². The van der Waals surface area contributed by atoms with E-state index in [1.807, 2.05) is 6.07 Å². The Labute approximate surface area is 128 Å². The maximum atomic E-state index is 12.2. The van der Waals surface area contributed by atoms with Crippen LogP contribution in [0.5, 0.6) is 0 Å². The molecule has 0 unspecified atom stereocenters. The molecule has 3 rings (SSSR count). The number of rotatable bonds is 4. The van der Waals surface area contributed by atoms with Gasteiger partial charge in [-0.2, -0.15) is 0 Å². The summed E-state index contributed by atoms with van der Waals surface area (Å²) in [7, 11) is 0. The fourth-order valence-electron chi connectivity index (χ4n) is 3.03. The summed E-state index contributed by atoms with van der Waals surface area (Å²) >= 11 is 0. The first-order chi connectivity index (χ1) is 10.7. The van der Waals surface area contributed by atoms with E-state index in [-0.39, 0.29) is 18.1 Å². The molecule has 1 saturated carbocycles. The molecule has 3 N–H and O–H groups in total. The molecule has 6 nitrogen and oxygen atoms in total. The second-order valence-electron chi connectivity index (χ2n) is 5.67. The summed E-state index contributed by atoms with van der Waals surface area (Å²) < 4.78 is 5.13. The number of pyridine rings is 1. The zero-order valence-electron chi connectivity index (χ0n) is 12.6. The van der Waals surface area contributed by atoms with Crippen molar-refractivity contribution in [1.29, 1.82) is 0 Å². The smallest absolute Gasteiger partial charge is 0.341 e. The highest BCUT2D eigenvalue weighted by molar-refractivity contribution is 6.04. The number of ether oxygens (including phenoxy) is 1. The van der Waals surface area contributed by atoms with E-state index < -0.39 is 0 Å². The normalized spacial score (nSPS) is 21.7. The van der Waals surface area contributed by atoms with Gasteiger partial charge in [0.25, 0.3) is 0 Å². The highest BCUT2D eigenvalue weighted by Crippen LogP contribution is 2.30. The van der Waals surface area contributed by atoms with Crippen LogP contribution in [-0.2, 0) is 4.74 Å². The molecule has 0 aromatic carbocycles. The van der Waals surface area contributed by atoms with Crippen LogP contribution in [0.4, 0.5) is 5.69 Å². The average molecular weight is 303 g/mol. The van der Waals surface area contributed by atoms with Crippen LogP contribution in [0.15, 0.2) is 18.5 Å². The number of anilines is 1. The predicted molar refractivity (Wildman–Crippen MR) is 83.9 cm³/mol. The van der Waals surface area contributed by atoms with Gasteiger partial charge in [-0.3, -0.25) is 0 Å². The number of aliphatic hydroxyl groups is 1. The van der Waals surface area contributed by atoms with Gasteiger partial charge in [0.2, 0.25) is 0 Å². The van der Waals surface area contributed by atoms with E-state index in [2.05, 4.69) is 15.3 Å². The molecule has 0 radical (unpaired) electrons. The van der Waals surface area contributed by atoms with Crippen LogP contribution in [-0.4, -0.2) is 39.8 Å². The standard InChI is InChI=1S/C16H21N3O3/c1-2-22-16(21)13-9-18-15-12(6-7-17-15)14(13)19-10-4-3-5-11(20)8-10/h6-7,9-11,20H,2-5,8H2,1H3,(H2,17,18,19)/t10-,11+/m0/s1. The van der Waals surface area contributed by atoms with E-state index in [9.17, 15) is 9.90 Å². The summed E-state index contributed by atoms with van der Waals surface area (Å²) in [6.07, 6.45) is 6.56. The van der Waals surface area contributed by atoms with Crippen molar-refractivity contribution < 1.29 is 14.6 Å². The van der Waals surface area contributed by atoms with E-state index in [0.717, 1.165) is 36.0 Å². The third kappa shape index (κ3) is 2.92. The van der Waals surface area contributed by atoms with Gasteiger partial charge in [0.15, 0.2) is 0 Å². The molecule has 0 amide bonds. The van der Waals surface area contributed by atoms with Crippen LogP contribution in [0.25, 0.3) is 11.0 Å². The minimum Gasteiger partial charge on any atom is -0.462 e. The lowest BCUT2D eigenvalue weighted by molar-refractivity contribution is 0.0527. The van der Waals surface area contributed by atoms with Crippen molar-refractivity contribution in [2.45, 2.75) is 44.8 Å². The Morgan fingerprint density at radius 3 is 3.18 bits per heavy atom. The summed E-state index contributed by atoms with van der Waals surface area (Å²) in [6, 6.07) is 2.05. The van der Waals surface area contributed by atoms with Gasteiger partial charge in [0.05, 0.1) is 18.4 Å². The maximum Gasteiger partial charge on any atom is 0.341 e. The molecule has 22 heavy (non-hydrogen) atoms. The molecule has 2 aromatic rings.